The SMILES string of the molecule is CC(C)(C)NC(=O)CCNS(=O)(=O)c1scnc1C(=O)O. The lowest BCUT2D eigenvalue weighted by molar-refractivity contribution is -0.122. The highest BCUT2D eigenvalue weighted by Gasteiger charge is 2.25. The average molecular weight is 335 g/mol. The van der Waals surface area contributed by atoms with Crippen molar-refractivity contribution in [1.29, 1.82) is 0 Å². The van der Waals surface area contributed by atoms with Crippen LogP contribution in [0.2, 0.25) is 0 Å². The summed E-state index contributed by atoms with van der Waals surface area (Å²) >= 11 is 0.711. The summed E-state index contributed by atoms with van der Waals surface area (Å²) in [6.45, 7) is 5.31. The Morgan fingerprint density at radius 2 is 2.00 bits per heavy atom. The molecule has 0 aromatic carbocycles. The lowest BCUT2D eigenvalue weighted by Crippen LogP contribution is -2.41. The Hall–Kier alpha value is -1.52. The molecular weight excluding hydrogens is 318 g/mol. The quantitative estimate of drug-likeness (QED) is 0.692. The Balaban J connectivity index is 2.64. The molecule has 0 spiro atoms. The van der Waals surface area contributed by atoms with E-state index in [1.807, 2.05) is 20.8 Å². The molecule has 3 N–H and O–H groups in total. The Morgan fingerprint density at radius 3 is 2.52 bits per heavy atom. The molecule has 0 saturated heterocycles. The number of nitrogens with one attached hydrogen (secondary N) is 2. The third kappa shape index (κ3) is 5.40. The van der Waals surface area contributed by atoms with Crippen LogP contribution in [-0.4, -0.2) is 42.5 Å². The number of rotatable bonds is 6. The zero-order valence-electron chi connectivity index (χ0n) is 11.8. The topological polar surface area (TPSA) is 125 Å². The Bertz CT molecular complexity index is 631. The first kappa shape index (κ1) is 17.5. The van der Waals surface area contributed by atoms with E-state index < -0.39 is 27.2 Å². The summed E-state index contributed by atoms with van der Waals surface area (Å²) in [6, 6.07) is 0. The fraction of sp³-hybridized carbons (Fsp3) is 0.545. The first-order valence-corrected chi connectivity index (χ1v) is 8.36. The molecule has 0 aliphatic rings. The van der Waals surface area contributed by atoms with E-state index in [0.29, 0.717) is 11.3 Å². The number of aromatic carboxylic acids is 1. The van der Waals surface area contributed by atoms with Crippen molar-refractivity contribution in [1.82, 2.24) is 15.0 Å². The second kappa shape index (κ2) is 6.50. The molecule has 0 bridgehead atoms. The van der Waals surface area contributed by atoms with Gasteiger partial charge in [0.2, 0.25) is 5.91 Å². The summed E-state index contributed by atoms with van der Waals surface area (Å²) < 4.78 is 25.7. The maximum absolute atomic E-state index is 11.9. The number of aromatic nitrogens is 1. The minimum Gasteiger partial charge on any atom is -0.476 e. The maximum atomic E-state index is 11.9. The molecule has 0 atom stereocenters. The van der Waals surface area contributed by atoms with Gasteiger partial charge >= 0.3 is 5.97 Å². The van der Waals surface area contributed by atoms with Gasteiger partial charge in [-0.3, -0.25) is 4.79 Å². The fourth-order valence-corrected chi connectivity index (χ4v) is 3.63. The summed E-state index contributed by atoms with van der Waals surface area (Å²) in [5.41, 5.74) is 0.223. The molecule has 1 amide bonds. The van der Waals surface area contributed by atoms with Crippen molar-refractivity contribution in [2.45, 2.75) is 36.9 Å². The number of thiazole rings is 1. The van der Waals surface area contributed by atoms with Crippen molar-refractivity contribution >= 4 is 33.2 Å². The average Bonchev–Trinajstić information content (AvgIpc) is 2.75. The number of carboxylic acids is 1. The summed E-state index contributed by atoms with van der Waals surface area (Å²) in [5, 5.41) is 11.5. The molecule has 21 heavy (non-hydrogen) atoms. The third-order valence-electron chi connectivity index (χ3n) is 2.14. The monoisotopic (exact) mass is 335 g/mol. The van der Waals surface area contributed by atoms with Gasteiger partial charge in [-0.05, 0) is 20.8 Å². The number of nitrogens with zero attached hydrogens (tertiary/aromatic N) is 1. The Morgan fingerprint density at radius 1 is 1.38 bits per heavy atom. The molecule has 1 aromatic heterocycles. The van der Waals surface area contributed by atoms with Crippen LogP contribution in [0.25, 0.3) is 0 Å². The largest absolute Gasteiger partial charge is 0.476 e. The van der Waals surface area contributed by atoms with Crippen molar-refractivity contribution in [3.8, 4) is 0 Å². The lowest BCUT2D eigenvalue weighted by Gasteiger charge is -2.20. The number of carboxylic acid groups (broad SMARTS) is 1. The first-order valence-electron chi connectivity index (χ1n) is 6.00. The molecule has 0 saturated carbocycles. The standard InChI is InChI=1S/C11H17N3O5S2/c1-11(2,3)14-7(15)4-5-13-21(18,19)10-8(9(16)17)12-6-20-10/h6,13H,4-5H2,1-3H3,(H,14,15)(H,16,17). The molecule has 0 radical (unpaired) electrons. The van der Waals surface area contributed by atoms with Gasteiger partial charge in [0.15, 0.2) is 9.90 Å². The van der Waals surface area contributed by atoms with E-state index in [1.54, 1.807) is 0 Å². The van der Waals surface area contributed by atoms with Gasteiger partial charge in [-0.15, -0.1) is 11.3 Å². The fourth-order valence-electron chi connectivity index (χ4n) is 1.41. The first-order chi connectivity index (χ1) is 9.53. The van der Waals surface area contributed by atoms with Gasteiger partial charge in [-0.2, -0.15) is 0 Å². The molecule has 118 valence electrons. The molecule has 1 rings (SSSR count). The van der Waals surface area contributed by atoms with Gasteiger partial charge in [0.1, 0.15) is 0 Å². The Labute approximate surface area is 126 Å². The van der Waals surface area contributed by atoms with E-state index >= 15 is 0 Å². The van der Waals surface area contributed by atoms with E-state index in [4.69, 9.17) is 5.11 Å². The van der Waals surface area contributed by atoms with Gasteiger partial charge in [0.05, 0.1) is 5.51 Å². The van der Waals surface area contributed by atoms with Crippen LogP contribution < -0.4 is 10.0 Å². The molecular formula is C11H17N3O5S2. The molecule has 0 aliphatic carbocycles. The maximum Gasteiger partial charge on any atom is 0.356 e. The van der Waals surface area contributed by atoms with E-state index in [1.165, 1.54) is 0 Å². The number of amides is 1. The molecule has 8 nitrogen and oxygen atoms in total. The van der Waals surface area contributed by atoms with Crippen molar-refractivity contribution in [2.75, 3.05) is 6.54 Å². The summed E-state index contributed by atoms with van der Waals surface area (Å²) in [6.07, 6.45) is -0.0439. The van der Waals surface area contributed by atoms with Crippen LogP contribution in [0.15, 0.2) is 9.72 Å². The smallest absolute Gasteiger partial charge is 0.356 e. The zero-order chi connectivity index (χ0) is 16.3. The highest BCUT2D eigenvalue weighted by Crippen LogP contribution is 2.19. The summed E-state index contributed by atoms with van der Waals surface area (Å²) in [4.78, 5) is 25.9. The van der Waals surface area contributed by atoms with Gasteiger partial charge in [-0.1, -0.05) is 0 Å². The lowest BCUT2D eigenvalue weighted by atomic mass is 10.1. The molecule has 1 aromatic rings. The second-order valence-corrected chi connectivity index (χ2v) is 8.06. The highest BCUT2D eigenvalue weighted by atomic mass is 32.2. The van der Waals surface area contributed by atoms with Crippen LogP contribution in [0.1, 0.15) is 37.7 Å². The minimum absolute atomic E-state index is 0.0439. The van der Waals surface area contributed by atoms with E-state index in [-0.39, 0.29) is 23.1 Å². The number of hydrogen-bond donors (Lipinski definition) is 3. The minimum atomic E-state index is -3.99. The molecule has 10 heteroatoms. The van der Waals surface area contributed by atoms with Crippen molar-refractivity contribution in [3.05, 3.63) is 11.2 Å². The normalized spacial score (nSPS) is 12.1. The van der Waals surface area contributed by atoms with Crippen LogP contribution >= 0.6 is 11.3 Å². The number of hydrogen-bond acceptors (Lipinski definition) is 6. The van der Waals surface area contributed by atoms with Gasteiger partial charge in [0.25, 0.3) is 10.0 Å². The molecule has 0 aliphatic heterocycles. The predicted molar refractivity (Wildman–Crippen MR) is 76.8 cm³/mol. The van der Waals surface area contributed by atoms with Crippen LogP contribution in [0.5, 0.6) is 0 Å². The molecule has 0 unspecified atom stereocenters. The molecule has 1 heterocycles. The van der Waals surface area contributed by atoms with Crippen molar-refractivity contribution in [3.63, 3.8) is 0 Å². The highest BCUT2D eigenvalue weighted by molar-refractivity contribution is 7.91. The van der Waals surface area contributed by atoms with E-state index in [9.17, 15) is 18.0 Å². The summed E-state index contributed by atoms with van der Waals surface area (Å²) in [7, 11) is -3.99. The van der Waals surface area contributed by atoms with Gasteiger partial charge in [-0.25, -0.2) is 22.9 Å². The van der Waals surface area contributed by atoms with Crippen LogP contribution in [-0.2, 0) is 14.8 Å². The Kier molecular flexibility index (Phi) is 5.42. The number of carbonyl (C=O) groups excluding carboxylic acids is 1. The second-order valence-electron chi connectivity index (χ2n) is 5.24. The van der Waals surface area contributed by atoms with Crippen LogP contribution in [0.3, 0.4) is 0 Å². The summed E-state index contributed by atoms with van der Waals surface area (Å²) in [5.74, 6) is -1.71. The van der Waals surface area contributed by atoms with Gasteiger partial charge < -0.3 is 10.4 Å². The van der Waals surface area contributed by atoms with Crippen molar-refractivity contribution < 1.29 is 23.1 Å². The van der Waals surface area contributed by atoms with Crippen molar-refractivity contribution in [2.24, 2.45) is 0 Å². The predicted octanol–water partition coefficient (Wildman–Crippen LogP) is 0.424. The number of carbonyl (C=O) groups is 2. The third-order valence-corrected chi connectivity index (χ3v) is 4.97. The number of sulfonamides is 1. The van der Waals surface area contributed by atoms with Crippen LogP contribution in [0, 0.1) is 0 Å². The van der Waals surface area contributed by atoms with Crippen LogP contribution in [0.4, 0.5) is 0 Å². The van der Waals surface area contributed by atoms with Gasteiger partial charge in [0, 0.05) is 18.5 Å². The zero-order valence-corrected chi connectivity index (χ0v) is 13.5. The van der Waals surface area contributed by atoms with E-state index in [0.717, 1.165) is 5.51 Å². The molecule has 0 fully saturated rings. The van der Waals surface area contributed by atoms with E-state index in [2.05, 4.69) is 15.0 Å².